The molecule has 2 aromatic rings. The molecular weight excluding hydrogens is 274 g/mol. The number of nitrogens with zero attached hydrogens (tertiary/aromatic N) is 4. The first kappa shape index (κ1) is 15.0. The van der Waals surface area contributed by atoms with Crippen LogP contribution in [0.25, 0.3) is 0 Å². The fraction of sp³-hybridized carbons (Fsp3) is 0.588. The lowest BCUT2D eigenvalue weighted by atomic mass is 9.72. The summed E-state index contributed by atoms with van der Waals surface area (Å²) in [5.41, 5.74) is 1.58. The molecule has 118 valence electrons. The van der Waals surface area contributed by atoms with Crippen molar-refractivity contribution in [2.24, 2.45) is 11.3 Å². The van der Waals surface area contributed by atoms with Crippen LogP contribution in [-0.4, -0.2) is 26.3 Å². The second-order valence-electron chi connectivity index (χ2n) is 7.10. The maximum Gasteiger partial charge on any atom is 0.149 e. The third-order valence-electron chi connectivity index (χ3n) is 4.46. The maximum absolute atomic E-state index is 4.38. The van der Waals surface area contributed by atoms with Crippen molar-refractivity contribution in [1.82, 2.24) is 19.7 Å². The van der Waals surface area contributed by atoms with Crippen molar-refractivity contribution >= 4 is 5.69 Å². The summed E-state index contributed by atoms with van der Waals surface area (Å²) in [6.45, 7) is 6.42. The first-order valence-electron chi connectivity index (χ1n) is 8.13. The average Bonchev–Trinajstić information content (AvgIpc) is 2.93. The Morgan fingerprint density at radius 2 is 2.14 bits per heavy atom. The highest BCUT2D eigenvalue weighted by atomic mass is 15.3. The van der Waals surface area contributed by atoms with Gasteiger partial charge in [-0.2, -0.15) is 5.10 Å². The summed E-state index contributed by atoms with van der Waals surface area (Å²) in [5.74, 6) is 1.55. The van der Waals surface area contributed by atoms with Gasteiger partial charge in [-0.1, -0.05) is 20.3 Å². The number of nitrogens with one attached hydrogen (secondary N) is 1. The van der Waals surface area contributed by atoms with Crippen LogP contribution in [0, 0.1) is 11.3 Å². The lowest BCUT2D eigenvalue weighted by Gasteiger charge is -2.35. The molecule has 1 saturated carbocycles. The highest BCUT2D eigenvalue weighted by Gasteiger charge is 2.27. The molecule has 5 nitrogen and oxygen atoms in total. The summed E-state index contributed by atoms with van der Waals surface area (Å²) in [6.07, 6.45) is 12.8. The highest BCUT2D eigenvalue weighted by molar-refractivity contribution is 5.38. The lowest BCUT2D eigenvalue weighted by molar-refractivity contribution is 0.187. The minimum absolute atomic E-state index is 0.499. The molecule has 0 spiro atoms. The Bertz CT molecular complexity index is 590. The van der Waals surface area contributed by atoms with Gasteiger partial charge >= 0.3 is 0 Å². The van der Waals surface area contributed by atoms with Crippen molar-refractivity contribution in [2.75, 3.05) is 11.9 Å². The first-order chi connectivity index (χ1) is 10.6. The Balaban J connectivity index is 1.51. The molecule has 1 unspecified atom stereocenters. The molecule has 1 fully saturated rings. The van der Waals surface area contributed by atoms with Crippen LogP contribution in [0.1, 0.15) is 45.4 Å². The highest BCUT2D eigenvalue weighted by Crippen LogP contribution is 2.38. The van der Waals surface area contributed by atoms with Crippen LogP contribution in [0.15, 0.2) is 30.9 Å². The summed E-state index contributed by atoms with van der Waals surface area (Å²) in [5, 5.41) is 7.91. The SMILES string of the molecule is CC1(C)CCCC(CNc2cnn(Cc3ncccn3)c2)C1. The molecule has 2 heterocycles. The van der Waals surface area contributed by atoms with Crippen molar-refractivity contribution < 1.29 is 0 Å². The molecule has 1 aliphatic carbocycles. The third kappa shape index (κ3) is 4.06. The Morgan fingerprint density at radius 3 is 2.91 bits per heavy atom. The van der Waals surface area contributed by atoms with Crippen LogP contribution >= 0.6 is 0 Å². The van der Waals surface area contributed by atoms with Crippen molar-refractivity contribution in [3.8, 4) is 0 Å². The predicted octanol–water partition coefficient (Wildman–Crippen LogP) is 3.35. The van der Waals surface area contributed by atoms with Crippen LogP contribution in [0.2, 0.25) is 0 Å². The van der Waals surface area contributed by atoms with Gasteiger partial charge in [0.1, 0.15) is 12.4 Å². The topological polar surface area (TPSA) is 55.6 Å². The largest absolute Gasteiger partial charge is 0.382 e. The molecule has 0 bridgehead atoms. The zero-order valence-electron chi connectivity index (χ0n) is 13.5. The van der Waals surface area contributed by atoms with Crippen LogP contribution < -0.4 is 5.32 Å². The van der Waals surface area contributed by atoms with E-state index >= 15 is 0 Å². The van der Waals surface area contributed by atoms with E-state index < -0.39 is 0 Å². The second kappa shape index (κ2) is 6.46. The van der Waals surface area contributed by atoms with Gasteiger partial charge in [0, 0.05) is 25.1 Å². The van der Waals surface area contributed by atoms with Crippen LogP contribution in [0.4, 0.5) is 5.69 Å². The molecule has 0 aliphatic heterocycles. The smallest absolute Gasteiger partial charge is 0.149 e. The van der Waals surface area contributed by atoms with E-state index in [1.807, 2.05) is 23.1 Å². The van der Waals surface area contributed by atoms with E-state index in [0.717, 1.165) is 24.0 Å². The normalized spacial score (nSPS) is 20.7. The quantitative estimate of drug-likeness (QED) is 0.920. The van der Waals surface area contributed by atoms with Crippen LogP contribution in [0.3, 0.4) is 0 Å². The maximum atomic E-state index is 4.38. The summed E-state index contributed by atoms with van der Waals surface area (Å²) in [7, 11) is 0. The summed E-state index contributed by atoms with van der Waals surface area (Å²) in [4.78, 5) is 8.45. The third-order valence-corrected chi connectivity index (χ3v) is 4.46. The monoisotopic (exact) mass is 299 g/mol. The fourth-order valence-corrected chi connectivity index (χ4v) is 3.39. The molecule has 0 aromatic carbocycles. The Kier molecular flexibility index (Phi) is 4.41. The summed E-state index contributed by atoms with van der Waals surface area (Å²) in [6, 6.07) is 1.82. The van der Waals surface area contributed by atoms with E-state index in [2.05, 4.69) is 34.2 Å². The van der Waals surface area contributed by atoms with Gasteiger partial charge in [0.2, 0.25) is 0 Å². The Morgan fingerprint density at radius 1 is 1.32 bits per heavy atom. The van der Waals surface area contributed by atoms with E-state index in [-0.39, 0.29) is 0 Å². The predicted molar refractivity (Wildman–Crippen MR) is 87.6 cm³/mol. The van der Waals surface area contributed by atoms with Gasteiger partial charge in [-0.25, -0.2) is 9.97 Å². The van der Waals surface area contributed by atoms with Gasteiger partial charge in [-0.15, -0.1) is 0 Å². The molecule has 0 amide bonds. The molecule has 1 aliphatic rings. The number of rotatable bonds is 5. The minimum atomic E-state index is 0.499. The van der Waals surface area contributed by atoms with E-state index in [1.165, 1.54) is 25.7 Å². The Labute approximate surface area is 132 Å². The molecule has 1 N–H and O–H groups in total. The molecule has 22 heavy (non-hydrogen) atoms. The fourth-order valence-electron chi connectivity index (χ4n) is 3.39. The zero-order chi connectivity index (χ0) is 15.4. The van der Waals surface area contributed by atoms with Gasteiger partial charge in [-0.05, 0) is 36.7 Å². The number of aromatic nitrogens is 4. The van der Waals surface area contributed by atoms with Crippen molar-refractivity contribution in [1.29, 1.82) is 0 Å². The van der Waals surface area contributed by atoms with E-state index in [4.69, 9.17) is 0 Å². The van der Waals surface area contributed by atoms with Crippen LogP contribution in [0.5, 0.6) is 0 Å². The number of hydrogen-bond acceptors (Lipinski definition) is 4. The number of anilines is 1. The number of hydrogen-bond donors (Lipinski definition) is 1. The first-order valence-corrected chi connectivity index (χ1v) is 8.13. The summed E-state index contributed by atoms with van der Waals surface area (Å²) < 4.78 is 1.88. The van der Waals surface area contributed by atoms with E-state index in [9.17, 15) is 0 Å². The molecule has 3 rings (SSSR count). The second-order valence-corrected chi connectivity index (χ2v) is 7.10. The summed E-state index contributed by atoms with van der Waals surface area (Å²) >= 11 is 0. The van der Waals surface area contributed by atoms with Gasteiger partial charge in [0.25, 0.3) is 0 Å². The van der Waals surface area contributed by atoms with E-state index in [1.54, 1.807) is 12.4 Å². The van der Waals surface area contributed by atoms with Crippen molar-refractivity contribution in [3.05, 3.63) is 36.7 Å². The van der Waals surface area contributed by atoms with Gasteiger partial charge < -0.3 is 5.32 Å². The molecule has 5 heteroatoms. The van der Waals surface area contributed by atoms with Gasteiger partial charge in [0.15, 0.2) is 0 Å². The molecule has 1 atom stereocenters. The molecule has 0 radical (unpaired) electrons. The average molecular weight is 299 g/mol. The standard InChI is InChI=1S/C17H25N5/c1-17(2)6-3-5-14(9-17)10-20-15-11-21-22(12-15)13-16-18-7-4-8-19-16/h4,7-8,11-12,14,20H,3,5-6,9-10,13H2,1-2H3. The van der Waals surface area contributed by atoms with Crippen molar-refractivity contribution in [2.45, 2.75) is 46.1 Å². The molecule has 2 aromatic heterocycles. The lowest BCUT2D eigenvalue weighted by Crippen LogP contribution is -2.27. The van der Waals surface area contributed by atoms with E-state index in [0.29, 0.717) is 12.0 Å². The molecule has 0 saturated heterocycles. The zero-order valence-corrected chi connectivity index (χ0v) is 13.5. The Hall–Kier alpha value is -1.91. The van der Waals surface area contributed by atoms with Crippen LogP contribution in [-0.2, 0) is 6.54 Å². The van der Waals surface area contributed by atoms with Crippen molar-refractivity contribution in [3.63, 3.8) is 0 Å². The van der Waals surface area contributed by atoms with Gasteiger partial charge in [0.05, 0.1) is 11.9 Å². The minimum Gasteiger partial charge on any atom is -0.382 e. The molecular formula is C17H25N5. The van der Waals surface area contributed by atoms with Gasteiger partial charge in [-0.3, -0.25) is 4.68 Å².